The van der Waals surface area contributed by atoms with Crippen molar-refractivity contribution in [2.75, 3.05) is 42.7 Å². The van der Waals surface area contributed by atoms with Crippen molar-refractivity contribution >= 4 is 27.3 Å². The van der Waals surface area contributed by atoms with Crippen LogP contribution in [0.2, 0.25) is 0 Å². The van der Waals surface area contributed by atoms with Crippen molar-refractivity contribution in [1.82, 2.24) is 4.31 Å². The van der Waals surface area contributed by atoms with E-state index in [1.54, 1.807) is 0 Å². The third-order valence-corrected chi connectivity index (χ3v) is 9.23. The van der Waals surface area contributed by atoms with Gasteiger partial charge in [-0.1, -0.05) is 0 Å². The van der Waals surface area contributed by atoms with Crippen LogP contribution in [0.5, 0.6) is 0 Å². The maximum absolute atomic E-state index is 12.8. The first-order chi connectivity index (χ1) is 14.3. The van der Waals surface area contributed by atoms with Gasteiger partial charge in [0.25, 0.3) is 0 Å². The highest BCUT2D eigenvalue weighted by molar-refractivity contribution is 7.88. The van der Waals surface area contributed by atoms with Gasteiger partial charge in [-0.25, -0.2) is 8.42 Å². The Hall–Kier alpha value is -1.60. The van der Waals surface area contributed by atoms with E-state index in [2.05, 4.69) is 10.2 Å². The van der Waals surface area contributed by atoms with Crippen LogP contribution in [0.15, 0.2) is 24.3 Å². The molecule has 4 aliphatic carbocycles. The molecule has 4 bridgehead atoms. The first kappa shape index (κ1) is 20.3. The number of nitrogens with zero attached hydrogens (tertiary/aromatic N) is 2. The monoisotopic (exact) mass is 431 g/mol. The summed E-state index contributed by atoms with van der Waals surface area (Å²) in [6.07, 6.45) is 9.91. The van der Waals surface area contributed by atoms with Crippen LogP contribution in [0.1, 0.15) is 44.9 Å². The largest absolute Gasteiger partial charge is 0.369 e. The number of rotatable bonds is 5. The second-order valence-corrected chi connectivity index (χ2v) is 12.3. The second kappa shape index (κ2) is 7.52. The molecule has 5 aliphatic rings. The number of anilines is 2. The van der Waals surface area contributed by atoms with Gasteiger partial charge in [0.2, 0.25) is 15.9 Å². The Morgan fingerprint density at radius 2 is 1.50 bits per heavy atom. The Morgan fingerprint density at radius 3 is 2.00 bits per heavy atom. The molecule has 0 atom stereocenters. The molecule has 1 aliphatic heterocycles. The van der Waals surface area contributed by atoms with Gasteiger partial charge >= 0.3 is 0 Å². The van der Waals surface area contributed by atoms with Gasteiger partial charge in [0, 0.05) is 44.0 Å². The number of carbonyl (C=O) groups excluding carboxylic acids is 1. The predicted molar refractivity (Wildman–Crippen MR) is 119 cm³/mol. The maximum Gasteiger partial charge on any atom is 0.224 e. The molecule has 164 valence electrons. The fourth-order valence-corrected chi connectivity index (χ4v) is 7.91. The third-order valence-electron chi connectivity index (χ3n) is 7.92. The van der Waals surface area contributed by atoms with E-state index in [1.807, 2.05) is 24.3 Å². The molecule has 5 fully saturated rings. The van der Waals surface area contributed by atoms with Crippen molar-refractivity contribution in [1.29, 1.82) is 0 Å². The summed E-state index contributed by atoms with van der Waals surface area (Å²) in [5, 5.41) is 3.13. The third kappa shape index (κ3) is 4.11. The normalized spacial score (nSPS) is 33.6. The van der Waals surface area contributed by atoms with Crippen molar-refractivity contribution in [3.63, 3.8) is 0 Å². The van der Waals surface area contributed by atoms with Crippen LogP contribution in [0, 0.1) is 23.2 Å². The number of benzene rings is 1. The fourth-order valence-electron chi connectivity index (χ4n) is 7.09. The van der Waals surface area contributed by atoms with Crippen LogP contribution < -0.4 is 10.2 Å². The lowest BCUT2D eigenvalue weighted by Crippen LogP contribution is -2.48. The summed E-state index contributed by atoms with van der Waals surface area (Å²) in [4.78, 5) is 15.0. The Morgan fingerprint density at radius 1 is 0.967 bits per heavy atom. The van der Waals surface area contributed by atoms with Gasteiger partial charge in [0.15, 0.2) is 0 Å². The Bertz CT molecular complexity index is 869. The van der Waals surface area contributed by atoms with Crippen LogP contribution in [-0.2, 0) is 14.8 Å². The molecule has 0 unspecified atom stereocenters. The van der Waals surface area contributed by atoms with Crippen molar-refractivity contribution in [2.24, 2.45) is 23.2 Å². The van der Waals surface area contributed by atoms with Crippen molar-refractivity contribution in [3.05, 3.63) is 24.3 Å². The molecule has 0 spiro atoms. The summed E-state index contributed by atoms with van der Waals surface area (Å²) in [6, 6.07) is 7.98. The topological polar surface area (TPSA) is 69.7 Å². The van der Waals surface area contributed by atoms with Gasteiger partial charge in [-0.3, -0.25) is 4.79 Å². The van der Waals surface area contributed by atoms with E-state index >= 15 is 0 Å². The Kier molecular flexibility index (Phi) is 5.09. The molecule has 0 aromatic heterocycles. The van der Waals surface area contributed by atoms with Crippen molar-refractivity contribution < 1.29 is 13.2 Å². The predicted octanol–water partition coefficient (Wildman–Crippen LogP) is 3.31. The number of sulfonamides is 1. The molecular formula is C23H33N3O3S. The van der Waals surface area contributed by atoms with Gasteiger partial charge in [-0.2, -0.15) is 4.31 Å². The van der Waals surface area contributed by atoms with Gasteiger partial charge in [0.05, 0.1) is 6.26 Å². The standard InChI is InChI=1S/C23H33N3O3S/c1-30(28,29)26-8-6-25(7-9-26)21-4-2-20(3-5-21)24-22(27)16-23-13-17-10-18(14-23)12-19(11-17)15-23/h2-5,17-19H,6-16H2,1H3,(H,24,27). The molecule has 1 aromatic carbocycles. The van der Waals surface area contributed by atoms with Crippen LogP contribution in [0.4, 0.5) is 11.4 Å². The van der Waals surface area contributed by atoms with Gasteiger partial charge in [0.1, 0.15) is 0 Å². The summed E-state index contributed by atoms with van der Waals surface area (Å²) >= 11 is 0. The molecule has 6 rings (SSSR count). The highest BCUT2D eigenvalue weighted by Gasteiger charge is 2.51. The molecular weight excluding hydrogens is 398 g/mol. The molecule has 0 radical (unpaired) electrons. The van der Waals surface area contributed by atoms with Gasteiger partial charge in [-0.05, 0) is 86.0 Å². The molecule has 1 N–H and O–H groups in total. The summed E-state index contributed by atoms with van der Waals surface area (Å²) in [5.74, 6) is 2.76. The smallest absolute Gasteiger partial charge is 0.224 e. The Labute approximate surface area is 180 Å². The summed E-state index contributed by atoms with van der Waals surface area (Å²) in [6.45, 7) is 2.40. The van der Waals surface area contributed by atoms with E-state index in [0.717, 1.165) is 29.1 Å². The van der Waals surface area contributed by atoms with Crippen LogP contribution >= 0.6 is 0 Å². The Balaban J connectivity index is 1.16. The van der Waals surface area contributed by atoms with E-state index < -0.39 is 10.0 Å². The molecule has 6 nitrogen and oxygen atoms in total. The van der Waals surface area contributed by atoms with E-state index in [0.29, 0.717) is 32.6 Å². The first-order valence-electron chi connectivity index (χ1n) is 11.4. The van der Waals surface area contributed by atoms with Crippen LogP contribution in [-0.4, -0.2) is 51.1 Å². The number of amides is 1. The maximum atomic E-state index is 12.8. The summed E-state index contributed by atoms with van der Waals surface area (Å²) < 4.78 is 24.9. The SMILES string of the molecule is CS(=O)(=O)N1CCN(c2ccc(NC(=O)CC34CC5CC(CC(C5)C3)C4)cc2)CC1. The lowest BCUT2D eigenvalue weighted by molar-refractivity contribution is -0.124. The molecule has 1 amide bonds. The van der Waals surface area contributed by atoms with Crippen LogP contribution in [0.25, 0.3) is 0 Å². The number of hydrogen-bond acceptors (Lipinski definition) is 4. The van der Waals surface area contributed by atoms with E-state index in [4.69, 9.17) is 0 Å². The minimum atomic E-state index is -3.11. The molecule has 4 saturated carbocycles. The number of hydrogen-bond donors (Lipinski definition) is 1. The average molecular weight is 432 g/mol. The highest BCUT2D eigenvalue weighted by atomic mass is 32.2. The zero-order valence-electron chi connectivity index (χ0n) is 17.8. The van der Waals surface area contributed by atoms with Crippen molar-refractivity contribution in [3.8, 4) is 0 Å². The van der Waals surface area contributed by atoms with Crippen molar-refractivity contribution in [2.45, 2.75) is 44.9 Å². The van der Waals surface area contributed by atoms with E-state index in [-0.39, 0.29) is 11.3 Å². The number of carbonyl (C=O) groups is 1. The lowest BCUT2D eigenvalue weighted by atomic mass is 9.49. The zero-order chi connectivity index (χ0) is 20.9. The first-order valence-corrected chi connectivity index (χ1v) is 13.2. The molecule has 1 heterocycles. The zero-order valence-corrected chi connectivity index (χ0v) is 18.7. The molecule has 7 heteroatoms. The minimum Gasteiger partial charge on any atom is -0.369 e. The van der Waals surface area contributed by atoms with Gasteiger partial charge < -0.3 is 10.2 Å². The molecule has 30 heavy (non-hydrogen) atoms. The average Bonchev–Trinajstić information content (AvgIpc) is 2.66. The lowest BCUT2D eigenvalue weighted by Gasteiger charge is -2.56. The molecule has 1 aromatic rings. The van der Waals surface area contributed by atoms with Crippen LogP contribution in [0.3, 0.4) is 0 Å². The molecule has 1 saturated heterocycles. The van der Waals surface area contributed by atoms with E-state index in [1.165, 1.54) is 49.1 Å². The quantitative estimate of drug-likeness (QED) is 0.777. The van der Waals surface area contributed by atoms with E-state index in [9.17, 15) is 13.2 Å². The number of nitrogens with one attached hydrogen (secondary N) is 1. The summed E-state index contributed by atoms with van der Waals surface area (Å²) in [5.41, 5.74) is 2.18. The fraction of sp³-hybridized carbons (Fsp3) is 0.696. The number of piperazine rings is 1. The summed E-state index contributed by atoms with van der Waals surface area (Å²) in [7, 11) is -3.11. The minimum absolute atomic E-state index is 0.159. The highest BCUT2D eigenvalue weighted by Crippen LogP contribution is 2.61. The second-order valence-electron chi connectivity index (χ2n) is 10.3. The van der Waals surface area contributed by atoms with Gasteiger partial charge in [-0.15, -0.1) is 0 Å².